The van der Waals surface area contributed by atoms with Crippen molar-refractivity contribution in [3.63, 3.8) is 0 Å². The van der Waals surface area contributed by atoms with Gasteiger partial charge in [0.15, 0.2) is 0 Å². The Balaban J connectivity index is 1.27. The maximum absolute atomic E-state index is 12.9. The Bertz CT molecular complexity index is 1210. The van der Waals surface area contributed by atoms with Crippen LogP contribution in [0.4, 0.5) is 13.2 Å². The minimum absolute atomic E-state index is 0.0125. The smallest absolute Gasteiger partial charge is 0.340 e. The van der Waals surface area contributed by atoms with Crippen molar-refractivity contribution in [3.8, 4) is 0 Å². The van der Waals surface area contributed by atoms with E-state index in [1.54, 1.807) is 4.90 Å². The summed E-state index contributed by atoms with van der Waals surface area (Å²) >= 11 is 0. The molecule has 7 nitrogen and oxygen atoms in total. The fourth-order valence-electron chi connectivity index (χ4n) is 4.07. The van der Waals surface area contributed by atoms with Gasteiger partial charge < -0.3 is 9.88 Å². The molecular weight excluding hydrogens is 459 g/mol. The van der Waals surface area contributed by atoms with Crippen molar-refractivity contribution in [2.45, 2.75) is 32.0 Å². The van der Waals surface area contributed by atoms with Crippen molar-refractivity contribution in [3.05, 3.63) is 93.2 Å². The number of hydrogen-bond donors (Lipinski definition) is 1. The molecule has 35 heavy (non-hydrogen) atoms. The predicted octanol–water partition coefficient (Wildman–Crippen LogP) is 3.05. The number of alkyl halides is 3. The summed E-state index contributed by atoms with van der Waals surface area (Å²) in [5, 5.41) is 7.88. The third-order valence-electron chi connectivity index (χ3n) is 5.99. The molecule has 3 aromatic rings. The molecule has 1 amide bonds. The number of benzene rings is 2. The second-order valence-corrected chi connectivity index (χ2v) is 8.56. The molecule has 0 aliphatic carbocycles. The van der Waals surface area contributed by atoms with Crippen molar-refractivity contribution in [1.29, 1.82) is 0 Å². The number of halogens is 3. The molecule has 10 heteroatoms. The topological polar surface area (TPSA) is 82.2 Å². The third-order valence-corrected chi connectivity index (χ3v) is 5.99. The SMILES string of the molecule is O=C(CCc1nnc(Cc2cccc(C(F)(F)F)c2)[nH]c1=O)N1CCN(Cc2ccccc2)CC1. The minimum atomic E-state index is -4.44. The van der Waals surface area contributed by atoms with Gasteiger partial charge >= 0.3 is 6.18 Å². The van der Waals surface area contributed by atoms with Crippen LogP contribution in [0.15, 0.2) is 59.4 Å². The molecule has 2 heterocycles. The summed E-state index contributed by atoms with van der Waals surface area (Å²) in [5.74, 6) is 0.123. The van der Waals surface area contributed by atoms with E-state index in [1.807, 2.05) is 18.2 Å². The van der Waals surface area contributed by atoms with Gasteiger partial charge in [0.05, 0.1) is 5.56 Å². The first-order chi connectivity index (χ1) is 16.8. The molecule has 2 aromatic carbocycles. The summed E-state index contributed by atoms with van der Waals surface area (Å²) in [7, 11) is 0. The number of nitrogens with zero attached hydrogens (tertiary/aromatic N) is 4. The highest BCUT2D eigenvalue weighted by Gasteiger charge is 2.30. The first kappa shape index (κ1) is 24.6. The van der Waals surface area contributed by atoms with Gasteiger partial charge in [-0.1, -0.05) is 48.5 Å². The number of aromatic nitrogens is 3. The zero-order chi connectivity index (χ0) is 24.8. The molecule has 1 N–H and O–H groups in total. The van der Waals surface area contributed by atoms with Crippen LogP contribution in [0.25, 0.3) is 0 Å². The molecule has 184 valence electrons. The van der Waals surface area contributed by atoms with Gasteiger partial charge in [-0.15, -0.1) is 10.2 Å². The fraction of sp³-hybridized carbons (Fsp3) is 0.360. The van der Waals surface area contributed by atoms with Crippen molar-refractivity contribution in [2.75, 3.05) is 26.2 Å². The molecule has 0 bridgehead atoms. The summed E-state index contributed by atoms with van der Waals surface area (Å²) in [4.78, 5) is 31.7. The van der Waals surface area contributed by atoms with Crippen LogP contribution in [0.1, 0.15) is 34.6 Å². The molecule has 1 saturated heterocycles. The Hall–Kier alpha value is -3.53. The summed E-state index contributed by atoms with van der Waals surface area (Å²) in [6.45, 7) is 3.67. The van der Waals surface area contributed by atoms with Crippen molar-refractivity contribution in [2.24, 2.45) is 0 Å². The Labute approximate surface area is 200 Å². The van der Waals surface area contributed by atoms with Gasteiger partial charge in [-0.25, -0.2) is 0 Å². The second-order valence-electron chi connectivity index (χ2n) is 8.56. The van der Waals surface area contributed by atoms with Gasteiger partial charge in [0.2, 0.25) is 5.91 Å². The van der Waals surface area contributed by atoms with Crippen LogP contribution in [-0.2, 0) is 30.4 Å². The summed E-state index contributed by atoms with van der Waals surface area (Å²) in [6, 6.07) is 15.0. The van der Waals surface area contributed by atoms with E-state index in [0.717, 1.165) is 31.8 Å². The van der Waals surface area contributed by atoms with Gasteiger partial charge in [0, 0.05) is 52.0 Å². The van der Waals surface area contributed by atoms with Crippen LogP contribution >= 0.6 is 0 Å². The van der Waals surface area contributed by atoms with Gasteiger partial charge in [-0.3, -0.25) is 14.5 Å². The standard InChI is InChI=1S/C25H26F3N5O2/c26-25(27,28)20-8-4-7-19(15-20)16-22-29-24(35)21(30-31-22)9-10-23(34)33-13-11-32(12-14-33)17-18-5-2-1-3-6-18/h1-8,15H,9-14,16-17H2,(H,29,31,35). The van der Waals surface area contributed by atoms with E-state index in [2.05, 4.69) is 32.2 Å². The van der Waals surface area contributed by atoms with Crippen LogP contribution in [0.5, 0.6) is 0 Å². The van der Waals surface area contributed by atoms with E-state index in [4.69, 9.17) is 0 Å². The maximum Gasteiger partial charge on any atom is 0.416 e. The monoisotopic (exact) mass is 485 g/mol. The number of carbonyl (C=O) groups excluding carboxylic acids is 1. The molecule has 0 unspecified atom stereocenters. The molecule has 4 rings (SSSR count). The maximum atomic E-state index is 12.9. The highest BCUT2D eigenvalue weighted by molar-refractivity contribution is 5.76. The molecule has 1 aliphatic rings. The van der Waals surface area contributed by atoms with Crippen LogP contribution in [0, 0.1) is 0 Å². The molecule has 0 radical (unpaired) electrons. The molecule has 1 aromatic heterocycles. The fourth-order valence-corrected chi connectivity index (χ4v) is 4.07. The summed E-state index contributed by atoms with van der Waals surface area (Å²) in [5.41, 5.74) is 0.485. The lowest BCUT2D eigenvalue weighted by Crippen LogP contribution is -2.48. The number of aromatic amines is 1. The van der Waals surface area contributed by atoms with Gasteiger partial charge in [0.1, 0.15) is 11.5 Å². The second kappa shape index (κ2) is 10.8. The van der Waals surface area contributed by atoms with E-state index in [0.29, 0.717) is 18.7 Å². The zero-order valence-corrected chi connectivity index (χ0v) is 19.1. The van der Waals surface area contributed by atoms with E-state index >= 15 is 0 Å². The highest BCUT2D eigenvalue weighted by atomic mass is 19.4. The zero-order valence-electron chi connectivity index (χ0n) is 19.1. The van der Waals surface area contributed by atoms with Crippen LogP contribution < -0.4 is 5.56 Å². The first-order valence-corrected chi connectivity index (χ1v) is 11.4. The molecule has 0 atom stereocenters. The van der Waals surface area contributed by atoms with E-state index in [1.165, 1.54) is 17.7 Å². The molecule has 0 saturated carbocycles. The van der Waals surface area contributed by atoms with Crippen molar-refractivity contribution in [1.82, 2.24) is 25.0 Å². The Morgan fingerprint density at radius 2 is 1.66 bits per heavy atom. The number of hydrogen-bond acceptors (Lipinski definition) is 5. The first-order valence-electron chi connectivity index (χ1n) is 11.4. The van der Waals surface area contributed by atoms with Crippen LogP contribution in [0.3, 0.4) is 0 Å². The minimum Gasteiger partial charge on any atom is -0.340 e. The van der Waals surface area contributed by atoms with E-state index in [9.17, 15) is 22.8 Å². The lowest BCUT2D eigenvalue weighted by molar-refractivity contribution is -0.137. The Morgan fingerprint density at radius 1 is 0.943 bits per heavy atom. The molecule has 1 aliphatic heterocycles. The Kier molecular flexibility index (Phi) is 7.60. The van der Waals surface area contributed by atoms with Gasteiger partial charge in [-0.2, -0.15) is 13.2 Å². The van der Waals surface area contributed by atoms with Gasteiger partial charge in [-0.05, 0) is 17.2 Å². The van der Waals surface area contributed by atoms with E-state index < -0.39 is 17.3 Å². The highest BCUT2D eigenvalue weighted by Crippen LogP contribution is 2.29. The molecular formula is C25H26F3N5O2. The van der Waals surface area contributed by atoms with E-state index in [-0.39, 0.29) is 36.7 Å². The number of H-pyrrole nitrogens is 1. The Morgan fingerprint density at radius 3 is 2.34 bits per heavy atom. The average molecular weight is 486 g/mol. The average Bonchev–Trinajstić information content (AvgIpc) is 2.84. The number of piperazine rings is 1. The predicted molar refractivity (Wildman–Crippen MR) is 124 cm³/mol. The van der Waals surface area contributed by atoms with Crippen molar-refractivity contribution >= 4 is 5.91 Å². The number of rotatable bonds is 7. The normalized spacial score (nSPS) is 14.8. The lowest BCUT2D eigenvalue weighted by atomic mass is 10.1. The van der Waals surface area contributed by atoms with Crippen LogP contribution in [0.2, 0.25) is 0 Å². The quantitative estimate of drug-likeness (QED) is 0.556. The number of carbonyl (C=O) groups is 1. The number of aryl methyl sites for hydroxylation is 1. The lowest BCUT2D eigenvalue weighted by Gasteiger charge is -2.34. The largest absolute Gasteiger partial charge is 0.416 e. The summed E-state index contributed by atoms with van der Waals surface area (Å²) < 4.78 is 38.7. The molecule has 0 spiro atoms. The number of amides is 1. The molecule has 1 fully saturated rings. The van der Waals surface area contributed by atoms with Gasteiger partial charge in [0.25, 0.3) is 5.56 Å². The third kappa shape index (κ3) is 6.75. The van der Waals surface area contributed by atoms with Crippen LogP contribution in [-0.4, -0.2) is 57.1 Å². The van der Waals surface area contributed by atoms with Crippen molar-refractivity contribution < 1.29 is 18.0 Å². The summed E-state index contributed by atoms with van der Waals surface area (Å²) in [6.07, 6.45) is -4.14. The number of nitrogens with one attached hydrogen (secondary N) is 1.